The molecule has 0 bridgehead atoms. The Hall–Kier alpha value is -2.97. The predicted molar refractivity (Wildman–Crippen MR) is 123 cm³/mol. The van der Waals surface area contributed by atoms with E-state index in [1.54, 1.807) is 18.3 Å². The van der Waals surface area contributed by atoms with Crippen molar-refractivity contribution in [2.45, 2.75) is 0 Å². The molecule has 0 saturated heterocycles. The largest absolute Gasteiger partial charge is 0.323 e. The van der Waals surface area contributed by atoms with E-state index < -0.39 is 0 Å². The SMILES string of the molecule is Cl.Clc1ccc(C#Cc2ccc(/C=N/Nc3nc4ccccc4[nH]3)cc2)cc1Cl. The van der Waals surface area contributed by atoms with Crippen molar-refractivity contribution in [1.82, 2.24) is 9.97 Å². The fraction of sp³-hybridized carbons (Fsp3) is 0. The molecule has 1 aromatic heterocycles. The minimum Gasteiger partial charge on any atom is -0.323 e. The van der Waals surface area contributed by atoms with Crippen LogP contribution in [0.2, 0.25) is 10.0 Å². The maximum absolute atomic E-state index is 6.01. The van der Waals surface area contributed by atoms with Gasteiger partial charge in [0.25, 0.3) is 0 Å². The molecule has 4 aromatic rings. The molecule has 0 atom stereocenters. The Kier molecular flexibility index (Phi) is 6.79. The number of aromatic nitrogens is 2. The van der Waals surface area contributed by atoms with Gasteiger partial charge in [0.15, 0.2) is 0 Å². The van der Waals surface area contributed by atoms with Crippen LogP contribution in [-0.4, -0.2) is 16.2 Å². The number of nitrogens with one attached hydrogen (secondary N) is 2. The molecule has 4 rings (SSSR count). The quantitative estimate of drug-likeness (QED) is 0.228. The zero-order valence-electron chi connectivity index (χ0n) is 15.0. The number of rotatable bonds is 3. The number of benzene rings is 3. The van der Waals surface area contributed by atoms with Crippen LogP contribution in [0.15, 0.2) is 71.8 Å². The third kappa shape index (κ3) is 5.30. The summed E-state index contributed by atoms with van der Waals surface area (Å²) in [6.07, 6.45) is 1.73. The van der Waals surface area contributed by atoms with Gasteiger partial charge in [-0.3, -0.25) is 0 Å². The van der Waals surface area contributed by atoms with Crippen molar-refractivity contribution in [2.75, 3.05) is 5.43 Å². The second-order valence-corrected chi connectivity index (χ2v) is 6.79. The van der Waals surface area contributed by atoms with Crippen LogP contribution in [0.1, 0.15) is 16.7 Å². The van der Waals surface area contributed by atoms with Gasteiger partial charge in [-0.2, -0.15) is 5.10 Å². The van der Waals surface area contributed by atoms with E-state index in [1.165, 1.54) is 0 Å². The van der Waals surface area contributed by atoms with Crippen molar-refractivity contribution in [2.24, 2.45) is 5.10 Å². The topological polar surface area (TPSA) is 53.1 Å². The molecule has 0 aliphatic rings. The van der Waals surface area contributed by atoms with Crippen LogP contribution >= 0.6 is 35.6 Å². The normalized spacial score (nSPS) is 10.4. The standard InChI is InChI=1S/C22H14Cl2N4.ClH/c23-18-12-11-16(13-19(18)24)8-5-15-6-9-17(10-7-15)14-25-28-22-26-20-3-1-2-4-21(20)27-22;/h1-4,6-7,9-14H,(H2,26,27,28);1H/b25-14+;. The van der Waals surface area contributed by atoms with Gasteiger partial charge >= 0.3 is 0 Å². The Bertz CT molecular complexity index is 1190. The molecule has 0 amide bonds. The lowest BCUT2D eigenvalue weighted by Crippen LogP contribution is -1.92. The van der Waals surface area contributed by atoms with Gasteiger partial charge in [0.2, 0.25) is 5.95 Å². The summed E-state index contributed by atoms with van der Waals surface area (Å²) in [5.41, 5.74) is 7.42. The average molecular weight is 442 g/mol. The molecule has 0 aliphatic carbocycles. The van der Waals surface area contributed by atoms with Crippen LogP contribution in [0.5, 0.6) is 0 Å². The molecular weight excluding hydrogens is 427 g/mol. The molecule has 4 nitrogen and oxygen atoms in total. The van der Waals surface area contributed by atoms with E-state index in [2.05, 4.69) is 32.3 Å². The molecule has 7 heteroatoms. The van der Waals surface area contributed by atoms with E-state index in [4.69, 9.17) is 23.2 Å². The van der Waals surface area contributed by atoms with Crippen LogP contribution in [0.25, 0.3) is 11.0 Å². The van der Waals surface area contributed by atoms with Gasteiger partial charge in [-0.25, -0.2) is 10.4 Å². The lowest BCUT2D eigenvalue weighted by molar-refractivity contribution is 1.21. The fourth-order valence-corrected chi connectivity index (χ4v) is 2.84. The zero-order valence-corrected chi connectivity index (χ0v) is 17.3. The van der Waals surface area contributed by atoms with Crippen molar-refractivity contribution >= 4 is 58.8 Å². The summed E-state index contributed by atoms with van der Waals surface area (Å²) in [5.74, 6) is 6.78. The molecule has 0 unspecified atom stereocenters. The first-order valence-corrected chi connectivity index (χ1v) is 9.24. The Morgan fingerprint density at radius 2 is 1.62 bits per heavy atom. The molecule has 0 fully saturated rings. The summed E-state index contributed by atoms with van der Waals surface area (Å²) in [5, 5.41) is 5.23. The van der Waals surface area contributed by atoms with Gasteiger partial charge in [0, 0.05) is 11.1 Å². The number of hydrazone groups is 1. The molecule has 0 saturated carbocycles. The van der Waals surface area contributed by atoms with E-state index in [0.717, 1.165) is 27.7 Å². The minimum absolute atomic E-state index is 0. The van der Waals surface area contributed by atoms with Crippen LogP contribution < -0.4 is 5.43 Å². The summed E-state index contributed by atoms with van der Waals surface area (Å²) in [6, 6.07) is 20.9. The monoisotopic (exact) mass is 440 g/mol. The maximum Gasteiger partial charge on any atom is 0.222 e. The number of imidazole rings is 1. The third-order valence-electron chi connectivity index (χ3n) is 3.95. The molecule has 0 spiro atoms. The van der Waals surface area contributed by atoms with Gasteiger partial charge in [-0.15, -0.1) is 12.4 Å². The number of anilines is 1. The number of H-pyrrole nitrogens is 1. The number of para-hydroxylation sites is 2. The summed E-state index contributed by atoms with van der Waals surface area (Å²) in [7, 11) is 0. The highest BCUT2D eigenvalue weighted by Gasteiger charge is 1.99. The second kappa shape index (κ2) is 9.49. The van der Waals surface area contributed by atoms with Crippen molar-refractivity contribution in [3.63, 3.8) is 0 Å². The van der Waals surface area contributed by atoms with Crippen molar-refractivity contribution < 1.29 is 0 Å². The molecule has 144 valence electrons. The Morgan fingerprint density at radius 1 is 0.897 bits per heavy atom. The van der Waals surface area contributed by atoms with E-state index in [-0.39, 0.29) is 12.4 Å². The molecule has 0 radical (unpaired) electrons. The van der Waals surface area contributed by atoms with Gasteiger partial charge in [0.05, 0.1) is 27.3 Å². The highest BCUT2D eigenvalue weighted by molar-refractivity contribution is 6.42. The van der Waals surface area contributed by atoms with E-state index in [1.807, 2.05) is 54.6 Å². The van der Waals surface area contributed by atoms with E-state index in [9.17, 15) is 0 Å². The predicted octanol–water partition coefficient (Wildman–Crippen LogP) is 6.14. The molecule has 3 aromatic carbocycles. The molecule has 1 heterocycles. The molecule has 0 aliphatic heterocycles. The Labute approximate surface area is 184 Å². The van der Waals surface area contributed by atoms with Gasteiger partial charge in [-0.05, 0) is 48.0 Å². The molecule has 29 heavy (non-hydrogen) atoms. The third-order valence-corrected chi connectivity index (χ3v) is 4.69. The number of hydrogen-bond donors (Lipinski definition) is 2. The smallest absolute Gasteiger partial charge is 0.222 e. The van der Waals surface area contributed by atoms with Crippen molar-refractivity contribution in [3.05, 3.63) is 93.5 Å². The highest BCUT2D eigenvalue weighted by atomic mass is 35.5. The van der Waals surface area contributed by atoms with Crippen LogP contribution in [-0.2, 0) is 0 Å². The fourth-order valence-electron chi connectivity index (χ4n) is 2.54. The van der Waals surface area contributed by atoms with Gasteiger partial charge in [0.1, 0.15) is 0 Å². The van der Waals surface area contributed by atoms with Crippen molar-refractivity contribution in [1.29, 1.82) is 0 Å². The summed E-state index contributed by atoms with van der Waals surface area (Å²) in [6.45, 7) is 0. The average Bonchev–Trinajstić information content (AvgIpc) is 3.13. The van der Waals surface area contributed by atoms with E-state index in [0.29, 0.717) is 16.0 Å². The van der Waals surface area contributed by atoms with E-state index >= 15 is 0 Å². The van der Waals surface area contributed by atoms with Crippen molar-refractivity contribution in [3.8, 4) is 11.8 Å². The number of hydrogen-bond acceptors (Lipinski definition) is 3. The molecule has 2 N–H and O–H groups in total. The Balaban J connectivity index is 0.00000240. The second-order valence-electron chi connectivity index (χ2n) is 5.97. The minimum atomic E-state index is 0. The number of nitrogens with zero attached hydrogens (tertiary/aromatic N) is 2. The summed E-state index contributed by atoms with van der Waals surface area (Å²) in [4.78, 5) is 7.57. The first-order valence-electron chi connectivity index (χ1n) is 8.48. The lowest BCUT2D eigenvalue weighted by atomic mass is 10.1. The van der Waals surface area contributed by atoms with Crippen LogP contribution in [0, 0.1) is 11.8 Å². The van der Waals surface area contributed by atoms with Gasteiger partial charge in [-0.1, -0.05) is 59.3 Å². The Morgan fingerprint density at radius 3 is 2.38 bits per heavy atom. The summed E-state index contributed by atoms with van der Waals surface area (Å²) >= 11 is 11.9. The number of fused-ring (bicyclic) bond motifs is 1. The van der Waals surface area contributed by atoms with Gasteiger partial charge < -0.3 is 4.98 Å². The number of halogens is 3. The maximum atomic E-state index is 6.01. The number of aromatic amines is 1. The highest BCUT2D eigenvalue weighted by Crippen LogP contribution is 2.22. The first kappa shape index (κ1) is 20.8. The van der Waals surface area contributed by atoms with Crippen LogP contribution in [0.4, 0.5) is 5.95 Å². The zero-order chi connectivity index (χ0) is 19.3. The lowest BCUT2D eigenvalue weighted by Gasteiger charge is -1.96. The molecular formula is C22H15Cl3N4. The van der Waals surface area contributed by atoms with Crippen LogP contribution in [0.3, 0.4) is 0 Å². The summed E-state index contributed by atoms with van der Waals surface area (Å²) < 4.78 is 0. The first-order chi connectivity index (χ1) is 13.7.